The molecule has 0 saturated carbocycles. The normalized spacial score (nSPS) is 13.2. The molecule has 0 aliphatic carbocycles. The highest BCUT2D eigenvalue weighted by atomic mass is 16.5. The first-order chi connectivity index (χ1) is 7.27. The van der Waals surface area contributed by atoms with E-state index >= 15 is 0 Å². The van der Waals surface area contributed by atoms with Gasteiger partial charge in [0.25, 0.3) is 0 Å². The van der Waals surface area contributed by atoms with Crippen LogP contribution in [0.1, 0.15) is 10.4 Å². The molecule has 5 heteroatoms. The minimum Gasteiger partial charge on any atom is -0.507 e. The molecule has 1 aromatic rings. The average Bonchev–Trinajstić information content (AvgIpc) is 2.71. The van der Waals surface area contributed by atoms with Crippen LogP contribution in [0.4, 0.5) is 4.42 Å². The van der Waals surface area contributed by atoms with Crippen molar-refractivity contribution in [2.24, 2.45) is 9.98 Å². The molecule has 0 bridgehead atoms. The van der Waals surface area contributed by atoms with E-state index in [0.717, 1.165) is 0 Å². The molecule has 0 saturated heterocycles. The molecule has 2 rings (SSSR count). The maximum atomic E-state index is 11.5. The Hall–Kier alpha value is -2.30. The summed E-state index contributed by atoms with van der Waals surface area (Å²) in [6.45, 7) is 0. The second kappa shape index (κ2) is 3.83. The van der Waals surface area contributed by atoms with Gasteiger partial charge in [-0.05, 0) is 12.1 Å². The van der Waals surface area contributed by atoms with Crippen molar-refractivity contribution in [1.82, 2.24) is 0 Å². The number of hydrogen-bond acceptors (Lipinski definition) is 2. The fourth-order valence-electron chi connectivity index (χ4n) is 1.06. The molecular weight excluding hydrogens is 196 g/mol. The van der Waals surface area contributed by atoms with Gasteiger partial charge in [0.15, 0.2) is 5.56 Å². The van der Waals surface area contributed by atoms with Crippen molar-refractivity contribution in [3.8, 4) is 5.75 Å². The molecule has 1 N–H and O–H groups in total. The van der Waals surface area contributed by atoms with Crippen LogP contribution in [0, 0.1) is 0 Å². The lowest BCUT2D eigenvalue weighted by Crippen LogP contribution is -1.95. The lowest BCUT2D eigenvalue weighted by molar-refractivity contribution is -0.0620. The molecule has 2 amide bonds. The first-order valence-corrected chi connectivity index (χ1v) is 4.21. The van der Waals surface area contributed by atoms with Gasteiger partial charge >= 0.3 is 12.0 Å². The van der Waals surface area contributed by atoms with Crippen LogP contribution in [-0.2, 0) is 0 Å². The molecule has 0 fully saturated rings. The van der Waals surface area contributed by atoms with Gasteiger partial charge in [-0.15, -0.1) is 0 Å². The van der Waals surface area contributed by atoms with E-state index < -0.39 is 5.97 Å². The van der Waals surface area contributed by atoms with E-state index in [2.05, 4.69) is 9.98 Å². The standard InChI is InChI=1S/C10H6N2O3/c13-8-4-2-1-3-7(8)9(14)15-10-11-5-6-12-10/h1-6H/p+1. The van der Waals surface area contributed by atoms with E-state index in [1.165, 1.54) is 24.6 Å². The Bertz CT molecular complexity index is 475. The zero-order valence-corrected chi connectivity index (χ0v) is 7.62. The van der Waals surface area contributed by atoms with Gasteiger partial charge in [-0.25, -0.2) is 4.42 Å². The van der Waals surface area contributed by atoms with Gasteiger partial charge in [-0.3, -0.25) is 0 Å². The van der Waals surface area contributed by atoms with Gasteiger partial charge in [-0.1, -0.05) is 12.1 Å². The number of aliphatic imine (C=N–C) groups is 2. The third kappa shape index (κ3) is 1.96. The van der Waals surface area contributed by atoms with Gasteiger partial charge in [-0.2, -0.15) is 9.98 Å². The van der Waals surface area contributed by atoms with Crippen LogP contribution < -0.4 is 0 Å². The van der Waals surface area contributed by atoms with Gasteiger partial charge in [0, 0.05) is 0 Å². The summed E-state index contributed by atoms with van der Waals surface area (Å²) in [7, 11) is 0. The smallest absolute Gasteiger partial charge is 0.507 e. The Labute approximate surface area is 85.1 Å². The number of carbonyl (C=O) groups is 1. The van der Waals surface area contributed by atoms with Crippen molar-refractivity contribution in [2.75, 3.05) is 0 Å². The Morgan fingerprint density at radius 1 is 1.20 bits per heavy atom. The van der Waals surface area contributed by atoms with Crippen molar-refractivity contribution in [2.45, 2.75) is 0 Å². The lowest BCUT2D eigenvalue weighted by Gasteiger charge is -1.91. The molecule has 0 radical (unpaired) electrons. The summed E-state index contributed by atoms with van der Waals surface area (Å²) in [5.41, 5.74) is 0.0855. The van der Waals surface area contributed by atoms with Crippen molar-refractivity contribution < 1.29 is 14.3 Å². The summed E-state index contributed by atoms with van der Waals surface area (Å²) in [4.78, 5) is 18.8. The van der Waals surface area contributed by atoms with E-state index in [9.17, 15) is 9.90 Å². The third-order valence-electron chi connectivity index (χ3n) is 1.74. The molecule has 0 spiro atoms. The average molecular weight is 203 g/mol. The Morgan fingerprint density at radius 2 is 1.87 bits per heavy atom. The summed E-state index contributed by atoms with van der Waals surface area (Å²) < 4.78 is 4.80. The van der Waals surface area contributed by atoms with E-state index in [4.69, 9.17) is 4.42 Å². The summed E-state index contributed by atoms with van der Waals surface area (Å²) in [5.74, 6) is -0.812. The largest absolute Gasteiger partial charge is 0.620 e. The summed E-state index contributed by atoms with van der Waals surface area (Å²) in [6.07, 6.45) is 2.82. The van der Waals surface area contributed by atoms with Crippen LogP contribution in [0.15, 0.2) is 34.3 Å². The van der Waals surface area contributed by atoms with Crippen LogP contribution in [0.2, 0.25) is 0 Å². The molecule has 1 aromatic carbocycles. The lowest BCUT2D eigenvalue weighted by atomic mass is 10.2. The van der Waals surface area contributed by atoms with Crippen molar-refractivity contribution in [1.29, 1.82) is 0 Å². The molecule has 1 aliphatic rings. The predicted molar refractivity (Wildman–Crippen MR) is 54.8 cm³/mol. The van der Waals surface area contributed by atoms with Crippen LogP contribution in [-0.4, -0.2) is 29.5 Å². The Kier molecular flexibility index (Phi) is 2.37. The second-order valence-corrected chi connectivity index (χ2v) is 2.75. The molecular formula is C10H7N2O3+. The van der Waals surface area contributed by atoms with E-state index in [0.29, 0.717) is 0 Å². The number of nitrogens with zero attached hydrogens (tertiary/aromatic N) is 2. The molecule has 74 valence electrons. The minimum atomic E-state index is -0.681. The van der Waals surface area contributed by atoms with E-state index in [1.54, 1.807) is 12.1 Å². The fourth-order valence-corrected chi connectivity index (χ4v) is 1.06. The number of benzene rings is 1. The summed E-state index contributed by atoms with van der Waals surface area (Å²) >= 11 is 0. The first kappa shape index (κ1) is 9.26. The Morgan fingerprint density at radius 3 is 2.53 bits per heavy atom. The molecule has 0 atom stereocenters. The van der Waals surface area contributed by atoms with Gasteiger partial charge < -0.3 is 5.11 Å². The van der Waals surface area contributed by atoms with E-state index in [1.807, 2.05) is 0 Å². The fraction of sp³-hybridized carbons (Fsp3) is 0. The number of phenols is 1. The number of urea groups is 1. The SMILES string of the molecule is O=C([O+]=C1N=CC=N1)c1ccccc1O. The highest BCUT2D eigenvalue weighted by Gasteiger charge is 2.24. The van der Waals surface area contributed by atoms with E-state index in [-0.39, 0.29) is 17.3 Å². The highest BCUT2D eigenvalue weighted by Crippen LogP contribution is 2.18. The minimum absolute atomic E-state index is 0.0248. The number of para-hydroxylation sites is 1. The number of rotatable bonds is 1. The predicted octanol–water partition coefficient (Wildman–Crippen LogP) is 1.34. The van der Waals surface area contributed by atoms with Crippen LogP contribution in [0.5, 0.6) is 5.75 Å². The molecule has 1 heterocycles. The molecule has 0 unspecified atom stereocenters. The monoisotopic (exact) mass is 203 g/mol. The molecule has 15 heavy (non-hydrogen) atoms. The van der Waals surface area contributed by atoms with Gasteiger partial charge in [0.05, 0.1) is 17.2 Å². The Balaban J connectivity index is 2.29. The first-order valence-electron chi connectivity index (χ1n) is 4.21. The van der Waals surface area contributed by atoms with Crippen molar-refractivity contribution in [3.05, 3.63) is 29.8 Å². The van der Waals surface area contributed by atoms with Crippen molar-refractivity contribution >= 4 is 24.4 Å². The summed E-state index contributed by atoms with van der Waals surface area (Å²) in [6, 6.07) is 6.08. The number of carbonyl (C=O) groups excluding carboxylic acids is 2. The molecule has 1 aliphatic heterocycles. The van der Waals surface area contributed by atoms with Crippen LogP contribution in [0.25, 0.3) is 0 Å². The topological polar surface area (TPSA) is 73.3 Å². The quantitative estimate of drug-likeness (QED) is 0.699. The van der Waals surface area contributed by atoms with Gasteiger partial charge in [0.2, 0.25) is 0 Å². The molecule has 5 nitrogen and oxygen atoms in total. The third-order valence-corrected chi connectivity index (χ3v) is 1.74. The zero-order valence-electron chi connectivity index (χ0n) is 7.62. The number of phenolic OH excluding ortho intramolecular Hbond substituents is 1. The molecule has 0 aromatic heterocycles. The van der Waals surface area contributed by atoms with Gasteiger partial charge in [0.1, 0.15) is 5.75 Å². The van der Waals surface area contributed by atoms with Crippen LogP contribution in [0.3, 0.4) is 0 Å². The number of hydrogen-bond donors (Lipinski definition) is 1. The number of amides is 2. The second-order valence-electron chi connectivity index (χ2n) is 2.75. The number of aromatic hydroxyl groups is 1. The summed E-state index contributed by atoms with van der Waals surface area (Å²) in [5, 5.41) is 9.37. The van der Waals surface area contributed by atoms with Crippen LogP contribution >= 0.6 is 0 Å². The maximum Gasteiger partial charge on any atom is 0.620 e. The maximum absolute atomic E-state index is 11.5. The van der Waals surface area contributed by atoms with Crippen molar-refractivity contribution in [3.63, 3.8) is 0 Å². The highest BCUT2D eigenvalue weighted by molar-refractivity contribution is 6.25. The zero-order chi connectivity index (χ0) is 10.7.